The van der Waals surface area contributed by atoms with Crippen LogP contribution in [-0.4, -0.2) is 31.3 Å². The van der Waals surface area contributed by atoms with Gasteiger partial charge in [0.2, 0.25) is 0 Å². The fourth-order valence-corrected chi connectivity index (χ4v) is 5.79. The third kappa shape index (κ3) is 2.85. The standard InChI is InChI=1S/C21H30O5/c1-20-10-9-16-14(15(20)7-8-17(20)22)6-5-13(11-18(23)25-3)21(16,2)12-19(24)26-4/h7-8,13-14,16,22H,5-6,9-12H2,1-4H3/t13-,14-,16-,20-,21-/m0/s1. The van der Waals surface area contributed by atoms with Crippen LogP contribution in [0.4, 0.5) is 0 Å². The number of aliphatic hydroxyl groups excluding tert-OH is 1. The van der Waals surface area contributed by atoms with Crippen LogP contribution in [0.1, 0.15) is 52.4 Å². The molecule has 0 unspecified atom stereocenters. The number of methoxy groups -OCH3 is 2. The molecule has 5 heteroatoms. The second-order valence-electron chi connectivity index (χ2n) is 8.57. The molecule has 0 heterocycles. The van der Waals surface area contributed by atoms with Gasteiger partial charge in [0, 0.05) is 11.8 Å². The first-order valence-corrected chi connectivity index (χ1v) is 9.51. The summed E-state index contributed by atoms with van der Waals surface area (Å²) in [5, 5.41) is 10.4. The lowest BCUT2D eigenvalue weighted by atomic mass is 9.48. The van der Waals surface area contributed by atoms with Gasteiger partial charge in [-0.05, 0) is 61.9 Å². The van der Waals surface area contributed by atoms with E-state index < -0.39 is 0 Å². The van der Waals surface area contributed by atoms with E-state index in [0.29, 0.717) is 30.4 Å². The first-order chi connectivity index (χ1) is 12.3. The number of hydrogen-bond donors (Lipinski definition) is 1. The van der Waals surface area contributed by atoms with Crippen molar-refractivity contribution in [3.05, 3.63) is 23.5 Å². The molecular formula is C21H30O5. The van der Waals surface area contributed by atoms with Crippen molar-refractivity contribution in [3.8, 4) is 0 Å². The zero-order valence-corrected chi connectivity index (χ0v) is 16.2. The van der Waals surface area contributed by atoms with Crippen LogP contribution in [0.3, 0.4) is 0 Å². The van der Waals surface area contributed by atoms with E-state index in [2.05, 4.69) is 19.9 Å². The highest BCUT2D eigenvalue weighted by Crippen LogP contribution is 2.63. The molecule has 0 aromatic rings. The highest BCUT2D eigenvalue weighted by molar-refractivity contribution is 5.72. The molecule has 5 nitrogen and oxygen atoms in total. The van der Waals surface area contributed by atoms with Crippen molar-refractivity contribution in [2.75, 3.05) is 14.2 Å². The van der Waals surface area contributed by atoms with E-state index in [0.717, 1.165) is 25.7 Å². The predicted octanol–water partition coefficient (Wildman–Crippen LogP) is 3.94. The lowest BCUT2D eigenvalue weighted by Gasteiger charge is -2.56. The zero-order chi connectivity index (χ0) is 19.1. The van der Waals surface area contributed by atoms with Crippen LogP contribution in [0.15, 0.2) is 23.5 Å². The van der Waals surface area contributed by atoms with Crippen LogP contribution in [0, 0.1) is 28.6 Å². The summed E-state index contributed by atoms with van der Waals surface area (Å²) < 4.78 is 9.89. The van der Waals surface area contributed by atoms with Crippen molar-refractivity contribution in [3.63, 3.8) is 0 Å². The van der Waals surface area contributed by atoms with Gasteiger partial charge in [-0.1, -0.05) is 18.6 Å². The smallest absolute Gasteiger partial charge is 0.306 e. The molecule has 3 aliphatic rings. The molecule has 0 aliphatic heterocycles. The third-order valence-electron chi connectivity index (χ3n) is 7.46. The largest absolute Gasteiger partial charge is 0.511 e. The summed E-state index contributed by atoms with van der Waals surface area (Å²) in [6.07, 6.45) is 8.21. The molecule has 2 fully saturated rings. The van der Waals surface area contributed by atoms with Gasteiger partial charge in [-0.25, -0.2) is 0 Å². The molecule has 2 saturated carbocycles. The Balaban J connectivity index is 1.92. The number of aliphatic hydroxyl groups is 1. The number of carbonyl (C=O) groups is 2. The van der Waals surface area contributed by atoms with E-state index in [1.807, 2.05) is 6.08 Å². The summed E-state index contributed by atoms with van der Waals surface area (Å²) >= 11 is 0. The Morgan fingerprint density at radius 2 is 1.81 bits per heavy atom. The molecule has 0 spiro atoms. The van der Waals surface area contributed by atoms with Gasteiger partial charge in [0.1, 0.15) is 5.76 Å². The molecule has 3 rings (SSSR count). The number of hydrogen-bond acceptors (Lipinski definition) is 5. The van der Waals surface area contributed by atoms with Crippen molar-refractivity contribution in [1.82, 2.24) is 0 Å². The number of fused-ring (bicyclic) bond motifs is 3. The number of rotatable bonds is 4. The van der Waals surface area contributed by atoms with Gasteiger partial charge >= 0.3 is 11.9 Å². The zero-order valence-electron chi connectivity index (χ0n) is 16.2. The number of allylic oxidation sites excluding steroid dienone is 3. The highest BCUT2D eigenvalue weighted by atomic mass is 16.5. The highest BCUT2D eigenvalue weighted by Gasteiger charge is 2.56. The van der Waals surface area contributed by atoms with Gasteiger partial charge in [0.15, 0.2) is 0 Å². The van der Waals surface area contributed by atoms with Crippen molar-refractivity contribution in [1.29, 1.82) is 0 Å². The summed E-state index contributed by atoms with van der Waals surface area (Å²) in [6, 6.07) is 0. The average Bonchev–Trinajstić information content (AvgIpc) is 2.92. The summed E-state index contributed by atoms with van der Waals surface area (Å²) in [4.78, 5) is 24.2. The van der Waals surface area contributed by atoms with Crippen LogP contribution < -0.4 is 0 Å². The molecule has 26 heavy (non-hydrogen) atoms. The first kappa shape index (κ1) is 19.0. The number of carbonyl (C=O) groups excluding carboxylic acids is 2. The van der Waals surface area contributed by atoms with E-state index in [1.165, 1.54) is 19.8 Å². The molecule has 0 aromatic heterocycles. The van der Waals surface area contributed by atoms with Gasteiger partial charge in [-0.15, -0.1) is 0 Å². The maximum atomic E-state index is 12.2. The molecule has 5 atom stereocenters. The van der Waals surface area contributed by atoms with E-state index in [4.69, 9.17) is 9.47 Å². The Hall–Kier alpha value is -1.78. The maximum absolute atomic E-state index is 12.2. The van der Waals surface area contributed by atoms with Gasteiger partial charge in [0.05, 0.1) is 20.6 Å². The Labute approximate surface area is 155 Å². The van der Waals surface area contributed by atoms with Crippen molar-refractivity contribution >= 4 is 11.9 Å². The molecule has 3 aliphatic carbocycles. The average molecular weight is 362 g/mol. The quantitative estimate of drug-likeness (QED) is 0.767. The Morgan fingerprint density at radius 1 is 1.12 bits per heavy atom. The van der Waals surface area contributed by atoms with Gasteiger partial charge < -0.3 is 14.6 Å². The van der Waals surface area contributed by atoms with Crippen LogP contribution in [0.2, 0.25) is 0 Å². The molecule has 0 radical (unpaired) electrons. The molecule has 0 bridgehead atoms. The fourth-order valence-electron chi connectivity index (χ4n) is 5.79. The Kier molecular flexibility index (Phi) is 4.93. The van der Waals surface area contributed by atoms with E-state index >= 15 is 0 Å². The van der Waals surface area contributed by atoms with E-state index in [-0.39, 0.29) is 28.7 Å². The number of esters is 2. The molecule has 1 N–H and O–H groups in total. The fraction of sp³-hybridized carbons (Fsp3) is 0.714. The second-order valence-corrected chi connectivity index (χ2v) is 8.57. The van der Waals surface area contributed by atoms with Gasteiger partial charge in [-0.3, -0.25) is 9.59 Å². The summed E-state index contributed by atoms with van der Waals surface area (Å²) in [5.74, 6) is 0.740. The molecule has 0 saturated heterocycles. The minimum Gasteiger partial charge on any atom is -0.511 e. The van der Waals surface area contributed by atoms with Crippen molar-refractivity contribution < 1.29 is 24.2 Å². The van der Waals surface area contributed by atoms with Crippen LogP contribution in [-0.2, 0) is 19.1 Å². The van der Waals surface area contributed by atoms with Crippen LogP contribution in [0.25, 0.3) is 0 Å². The maximum Gasteiger partial charge on any atom is 0.306 e. The summed E-state index contributed by atoms with van der Waals surface area (Å²) in [6.45, 7) is 4.26. The minimum atomic E-state index is -0.315. The lowest BCUT2D eigenvalue weighted by Crippen LogP contribution is -2.50. The van der Waals surface area contributed by atoms with Crippen molar-refractivity contribution in [2.45, 2.75) is 52.4 Å². The molecule has 0 amide bonds. The van der Waals surface area contributed by atoms with Crippen molar-refractivity contribution in [2.24, 2.45) is 28.6 Å². The SMILES string of the molecule is COC(=O)C[C@@H]1CC[C@H]2C3=CC=C(O)[C@@]3(C)CC[C@@H]2[C@@]1(C)CC(=O)OC. The second kappa shape index (κ2) is 6.75. The lowest BCUT2D eigenvalue weighted by molar-refractivity contribution is -0.153. The topological polar surface area (TPSA) is 72.8 Å². The monoisotopic (exact) mass is 362 g/mol. The van der Waals surface area contributed by atoms with Gasteiger partial charge in [0.25, 0.3) is 0 Å². The first-order valence-electron chi connectivity index (χ1n) is 9.51. The Morgan fingerprint density at radius 3 is 2.46 bits per heavy atom. The van der Waals surface area contributed by atoms with E-state index in [9.17, 15) is 14.7 Å². The van der Waals surface area contributed by atoms with Crippen LogP contribution >= 0.6 is 0 Å². The Bertz CT molecular complexity index is 663. The minimum absolute atomic E-state index is 0.100. The number of ether oxygens (including phenoxy) is 2. The van der Waals surface area contributed by atoms with Crippen LogP contribution in [0.5, 0.6) is 0 Å². The molecular weight excluding hydrogens is 332 g/mol. The normalized spacial score (nSPS) is 38.5. The third-order valence-corrected chi connectivity index (χ3v) is 7.46. The summed E-state index contributed by atoms with van der Waals surface area (Å²) in [7, 11) is 2.83. The summed E-state index contributed by atoms with van der Waals surface area (Å²) in [5.41, 5.74) is 0.714. The molecule has 0 aromatic carbocycles. The van der Waals surface area contributed by atoms with E-state index in [1.54, 1.807) is 0 Å². The predicted molar refractivity (Wildman–Crippen MR) is 97.2 cm³/mol. The van der Waals surface area contributed by atoms with Gasteiger partial charge in [-0.2, -0.15) is 0 Å². The molecule has 144 valence electrons.